The lowest BCUT2D eigenvalue weighted by Gasteiger charge is -2.09. The molecule has 0 atom stereocenters. The maximum Gasteiger partial charge on any atom is 0.339 e. The molecule has 2 aromatic carbocycles. The van der Waals surface area contributed by atoms with Crippen LogP contribution < -0.4 is 5.14 Å². The number of carbonyl (C=O) groups excluding carboxylic acids is 1. The van der Waals surface area contributed by atoms with Crippen molar-refractivity contribution in [3.63, 3.8) is 0 Å². The Balaban J connectivity index is 2.23. The molecule has 1 heterocycles. The van der Waals surface area contributed by atoms with E-state index in [0.717, 1.165) is 0 Å². The van der Waals surface area contributed by atoms with Crippen LogP contribution in [0.5, 0.6) is 0 Å². The lowest BCUT2D eigenvalue weighted by molar-refractivity contribution is -0.133. The Morgan fingerprint density at radius 3 is 2.35 bits per heavy atom. The molecule has 0 unspecified atom stereocenters. The Hall–Kier alpha value is -2.00. The van der Waals surface area contributed by atoms with Crippen LogP contribution in [0.15, 0.2) is 35.2 Å². The van der Waals surface area contributed by atoms with Crippen LogP contribution in [-0.4, -0.2) is 21.0 Å². The third kappa shape index (κ3) is 3.33. The van der Waals surface area contributed by atoms with Gasteiger partial charge in [0.05, 0.1) is 15.6 Å². The molecule has 10 heteroatoms. The van der Waals surface area contributed by atoms with Crippen molar-refractivity contribution in [2.45, 2.75) is 4.90 Å². The van der Waals surface area contributed by atoms with Crippen molar-refractivity contribution < 1.29 is 26.7 Å². The molecule has 136 valence electrons. The molecule has 2 aromatic rings. The van der Waals surface area contributed by atoms with Crippen LogP contribution in [0.2, 0.25) is 10.0 Å². The van der Waals surface area contributed by atoms with Crippen molar-refractivity contribution in [2.24, 2.45) is 5.14 Å². The fraction of sp³-hybridized carbons (Fsp3) is 0.0625. The number of cyclic esters (lactones) is 1. The molecule has 0 amide bonds. The first-order valence-electron chi connectivity index (χ1n) is 6.97. The minimum absolute atomic E-state index is 0.0229. The highest BCUT2D eigenvalue weighted by Crippen LogP contribution is 2.37. The molecule has 2 N–H and O–H groups in total. The molecule has 0 saturated heterocycles. The van der Waals surface area contributed by atoms with Crippen LogP contribution in [0.3, 0.4) is 0 Å². The highest BCUT2D eigenvalue weighted by molar-refractivity contribution is 7.89. The minimum atomic E-state index is -4.44. The molecular weight excluding hydrogens is 411 g/mol. The van der Waals surface area contributed by atoms with Crippen molar-refractivity contribution in [3.8, 4) is 0 Å². The van der Waals surface area contributed by atoms with E-state index in [1.807, 2.05) is 0 Å². The maximum absolute atomic E-state index is 14.4. The number of primary sulfonamides is 1. The zero-order valence-corrected chi connectivity index (χ0v) is 15.1. The fourth-order valence-electron chi connectivity index (χ4n) is 2.54. The van der Waals surface area contributed by atoms with E-state index in [4.69, 9.17) is 33.1 Å². The summed E-state index contributed by atoms with van der Waals surface area (Å²) < 4.78 is 56.1. The van der Waals surface area contributed by atoms with E-state index < -0.39 is 32.5 Å². The molecule has 1 aliphatic rings. The summed E-state index contributed by atoms with van der Waals surface area (Å²) in [4.78, 5) is 11.1. The quantitative estimate of drug-likeness (QED) is 0.772. The molecule has 0 aromatic heterocycles. The Kier molecular flexibility index (Phi) is 4.78. The van der Waals surface area contributed by atoms with Crippen LogP contribution in [0, 0.1) is 11.6 Å². The predicted octanol–water partition coefficient (Wildman–Crippen LogP) is 3.39. The van der Waals surface area contributed by atoms with Gasteiger partial charge in [-0.25, -0.2) is 27.1 Å². The molecule has 0 aliphatic carbocycles. The second-order valence-electron chi connectivity index (χ2n) is 5.37. The molecule has 3 rings (SSSR count). The van der Waals surface area contributed by atoms with Crippen molar-refractivity contribution in [1.29, 1.82) is 0 Å². The van der Waals surface area contributed by atoms with E-state index in [2.05, 4.69) is 0 Å². The lowest BCUT2D eigenvalue weighted by Crippen LogP contribution is -2.15. The molecule has 0 fully saturated rings. The second kappa shape index (κ2) is 6.62. The van der Waals surface area contributed by atoms with E-state index in [-0.39, 0.29) is 33.4 Å². The summed E-state index contributed by atoms with van der Waals surface area (Å²) in [6.45, 7) is -0.320. The Bertz CT molecular complexity index is 1080. The number of benzene rings is 2. The Labute approximate surface area is 157 Å². The van der Waals surface area contributed by atoms with Gasteiger partial charge in [-0.1, -0.05) is 29.3 Å². The van der Waals surface area contributed by atoms with Crippen molar-refractivity contribution in [2.75, 3.05) is 6.61 Å². The first-order valence-corrected chi connectivity index (χ1v) is 9.27. The normalized spacial score (nSPS) is 14.7. The summed E-state index contributed by atoms with van der Waals surface area (Å²) in [7, 11) is -4.44. The number of rotatable bonds is 3. The predicted molar refractivity (Wildman–Crippen MR) is 92.0 cm³/mol. The lowest BCUT2D eigenvalue weighted by atomic mass is 9.96. The zero-order valence-electron chi connectivity index (χ0n) is 12.7. The molecular formula is C16H9Cl2F2NO4S. The molecule has 0 radical (unpaired) electrons. The van der Waals surface area contributed by atoms with Gasteiger partial charge in [-0.15, -0.1) is 0 Å². The average Bonchev–Trinajstić information content (AvgIpc) is 2.92. The van der Waals surface area contributed by atoms with Crippen LogP contribution in [0.25, 0.3) is 11.1 Å². The minimum Gasteiger partial charge on any atom is -0.457 e. The van der Waals surface area contributed by atoms with Gasteiger partial charge in [0.25, 0.3) is 0 Å². The van der Waals surface area contributed by atoms with E-state index in [1.54, 1.807) is 0 Å². The van der Waals surface area contributed by atoms with Crippen LogP contribution in [-0.2, 0) is 19.6 Å². The number of nitrogens with two attached hydrogens (primary N) is 1. The van der Waals surface area contributed by atoms with Gasteiger partial charge in [-0.05, 0) is 29.8 Å². The van der Waals surface area contributed by atoms with Crippen LogP contribution in [0.1, 0.15) is 11.1 Å². The van der Waals surface area contributed by atoms with Gasteiger partial charge in [0.1, 0.15) is 23.1 Å². The maximum atomic E-state index is 14.4. The number of hydrogen-bond acceptors (Lipinski definition) is 4. The SMILES string of the molecule is NS(=O)(=O)c1cc(F)c(C2=C(c3ccc(Cl)c(Cl)c3)C(=O)OC2)cc1F. The van der Waals surface area contributed by atoms with Crippen molar-refractivity contribution >= 4 is 50.3 Å². The van der Waals surface area contributed by atoms with Crippen LogP contribution >= 0.6 is 23.2 Å². The molecule has 1 aliphatic heterocycles. The zero-order chi connectivity index (χ0) is 19.2. The van der Waals surface area contributed by atoms with Gasteiger partial charge in [0, 0.05) is 11.1 Å². The van der Waals surface area contributed by atoms with Gasteiger partial charge >= 0.3 is 5.97 Å². The van der Waals surface area contributed by atoms with Gasteiger partial charge in [-0.3, -0.25) is 0 Å². The summed E-state index contributed by atoms with van der Waals surface area (Å²) in [5.74, 6) is -3.07. The second-order valence-corrected chi connectivity index (χ2v) is 7.71. The van der Waals surface area contributed by atoms with E-state index >= 15 is 0 Å². The first kappa shape index (κ1) is 18.8. The molecule has 0 saturated carbocycles. The number of esters is 1. The number of ether oxygens (including phenoxy) is 1. The smallest absolute Gasteiger partial charge is 0.339 e. The summed E-state index contributed by atoms with van der Waals surface area (Å²) in [5.41, 5.74) is 0.00466. The molecule has 5 nitrogen and oxygen atoms in total. The summed E-state index contributed by atoms with van der Waals surface area (Å²) in [5, 5.41) is 5.26. The Morgan fingerprint density at radius 1 is 1.04 bits per heavy atom. The molecule has 0 spiro atoms. The topological polar surface area (TPSA) is 86.5 Å². The van der Waals surface area contributed by atoms with Gasteiger partial charge in [0.15, 0.2) is 0 Å². The van der Waals surface area contributed by atoms with Crippen LogP contribution in [0.4, 0.5) is 8.78 Å². The number of sulfonamides is 1. The highest BCUT2D eigenvalue weighted by Gasteiger charge is 2.30. The third-order valence-corrected chi connectivity index (χ3v) is 5.38. The van der Waals surface area contributed by atoms with E-state index in [1.165, 1.54) is 18.2 Å². The Morgan fingerprint density at radius 2 is 1.73 bits per heavy atom. The summed E-state index contributed by atoms with van der Waals surface area (Å²) >= 11 is 11.8. The largest absolute Gasteiger partial charge is 0.457 e. The van der Waals surface area contributed by atoms with E-state index in [9.17, 15) is 22.0 Å². The van der Waals surface area contributed by atoms with Gasteiger partial charge < -0.3 is 4.74 Å². The third-order valence-electron chi connectivity index (χ3n) is 3.71. The molecule has 26 heavy (non-hydrogen) atoms. The van der Waals surface area contributed by atoms with Gasteiger partial charge in [-0.2, -0.15) is 0 Å². The highest BCUT2D eigenvalue weighted by atomic mass is 35.5. The van der Waals surface area contributed by atoms with Gasteiger partial charge in [0.2, 0.25) is 10.0 Å². The first-order chi connectivity index (χ1) is 12.1. The van der Waals surface area contributed by atoms with E-state index in [0.29, 0.717) is 17.7 Å². The molecule has 0 bridgehead atoms. The summed E-state index contributed by atoms with van der Waals surface area (Å²) in [6.07, 6.45) is 0. The number of hydrogen-bond donors (Lipinski definition) is 1. The standard InChI is InChI=1S/C16H9Cl2F2NO4S/c17-10-2-1-7(3-11(10)18)15-9(6-25-16(15)22)8-4-13(20)14(5-12(8)19)26(21,23)24/h1-5H,6H2,(H2,21,23,24). The van der Waals surface area contributed by atoms with Crippen molar-refractivity contribution in [3.05, 3.63) is 63.1 Å². The van der Waals surface area contributed by atoms with Crippen molar-refractivity contribution in [1.82, 2.24) is 0 Å². The monoisotopic (exact) mass is 419 g/mol. The number of carbonyl (C=O) groups is 1. The summed E-state index contributed by atoms with van der Waals surface area (Å²) in [6, 6.07) is 5.42. The average molecular weight is 420 g/mol. The fourth-order valence-corrected chi connectivity index (χ4v) is 3.44. The number of halogens is 4.